The highest BCUT2D eigenvalue weighted by Crippen LogP contribution is 2.23. The minimum atomic E-state index is 0.306. The fraction of sp³-hybridized carbons (Fsp3) is 0.250. The summed E-state index contributed by atoms with van der Waals surface area (Å²) in [5, 5.41) is 4.32. The topological polar surface area (TPSA) is 12.0 Å². The van der Waals surface area contributed by atoms with Gasteiger partial charge in [-0.15, -0.1) is 0 Å². The maximum atomic E-state index is 6.05. The van der Waals surface area contributed by atoms with Crippen molar-refractivity contribution < 1.29 is 0 Å². The van der Waals surface area contributed by atoms with Gasteiger partial charge in [-0.3, -0.25) is 0 Å². The predicted octanol–water partition coefficient (Wildman–Crippen LogP) is 5.00. The van der Waals surface area contributed by atoms with Gasteiger partial charge in [0.2, 0.25) is 0 Å². The first-order valence-electron chi connectivity index (χ1n) is 6.42. The second-order valence-electron chi connectivity index (χ2n) is 4.50. The van der Waals surface area contributed by atoms with Crippen LogP contribution < -0.4 is 5.32 Å². The first-order valence-corrected chi connectivity index (χ1v) is 7.59. The molecular formula is C16H17BrClN. The number of hydrogen-bond donors (Lipinski definition) is 1. The Hall–Kier alpha value is -0.830. The van der Waals surface area contributed by atoms with Crippen molar-refractivity contribution in [1.82, 2.24) is 5.32 Å². The van der Waals surface area contributed by atoms with E-state index >= 15 is 0 Å². The molecule has 1 atom stereocenters. The van der Waals surface area contributed by atoms with Gasteiger partial charge in [0, 0.05) is 15.5 Å². The molecule has 0 amide bonds. The Morgan fingerprint density at radius 2 is 1.95 bits per heavy atom. The van der Waals surface area contributed by atoms with Gasteiger partial charge < -0.3 is 5.32 Å². The summed E-state index contributed by atoms with van der Waals surface area (Å²) in [5.74, 6) is 0. The third-order valence-electron chi connectivity index (χ3n) is 3.03. The molecule has 0 aromatic heterocycles. The van der Waals surface area contributed by atoms with E-state index in [1.165, 1.54) is 11.1 Å². The first kappa shape index (κ1) is 14.6. The number of rotatable bonds is 5. The molecule has 0 fully saturated rings. The highest BCUT2D eigenvalue weighted by molar-refractivity contribution is 9.10. The third kappa shape index (κ3) is 4.34. The maximum Gasteiger partial charge on any atom is 0.0408 e. The number of likely N-dealkylation sites (N-methyl/N-ethyl adjacent to an activating group) is 1. The summed E-state index contributed by atoms with van der Waals surface area (Å²) in [6.07, 6.45) is 0.935. The summed E-state index contributed by atoms with van der Waals surface area (Å²) in [7, 11) is 0. The smallest absolute Gasteiger partial charge is 0.0408 e. The lowest BCUT2D eigenvalue weighted by molar-refractivity contribution is 0.549. The normalized spacial score (nSPS) is 12.4. The van der Waals surface area contributed by atoms with Crippen molar-refractivity contribution in [1.29, 1.82) is 0 Å². The fourth-order valence-electron chi connectivity index (χ4n) is 2.18. The van der Waals surface area contributed by atoms with Crippen molar-refractivity contribution >= 4 is 27.5 Å². The van der Waals surface area contributed by atoms with Crippen LogP contribution in [0.2, 0.25) is 5.02 Å². The van der Waals surface area contributed by atoms with E-state index in [1.54, 1.807) is 0 Å². The van der Waals surface area contributed by atoms with Crippen LogP contribution in [0.3, 0.4) is 0 Å². The molecule has 2 rings (SSSR count). The van der Waals surface area contributed by atoms with E-state index in [0.29, 0.717) is 6.04 Å². The fourth-order valence-corrected chi connectivity index (χ4v) is 2.81. The number of halogens is 2. The molecule has 0 aliphatic rings. The molecule has 1 unspecified atom stereocenters. The lowest BCUT2D eigenvalue weighted by Crippen LogP contribution is -2.22. The van der Waals surface area contributed by atoms with E-state index in [0.717, 1.165) is 22.5 Å². The summed E-state index contributed by atoms with van der Waals surface area (Å²) in [5.41, 5.74) is 2.54. The van der Waals surface area contributed by atoms with Crippen LogP contribution in [0.25, 0.3) is 0 Å². The lowest BCUT2D eigenvalue weighted by Gasteiger charge is -2.19. The van der Waals surface area contributed by atoms with Gasteiger partial charge in [0.25, 0.3) is 0 Å². The van der Waals surface area contributed by atoms with Crippen LogP contribution in [-0.4, -0.2) is 6.54 Å². The van der Waals surface area contributed by atoms with Gasteiger partial charge in [0.15, 0.2) is 0 Å². The summed E-state index contributed by atoms with van der Waals surface area (Å²) in [6.45, 7) is 3.07. The quantitative estimate of drug-likeness (QED) is 0.809. The SMILES string of the molecule is CCNC(Cc1cccc(Cl)c1)c1cccc(Br)c1. The van der Waals surface area contributed by atoms with Crippen molar-refractivity contribution in [2.24, 2.45) is 0 Å². The van der Waals surface area contributed by atoms with Gasteiger partial charge >= 0.3 is 0 Å². The average molecular weight is 339 g/mol. The molecule has 0 bridgehead atoms. The van der Waals surface area contributed by atoms with Crippen LogP contribution in [0.5, 0.6) is 0 Å². The molecule has 19 heavy (non-hydrogen) atoms. The molecule has 0 saturated carbocycles. The first-order chi connectivity index (χ1) is 9.19. The predicted molar refractivity (Wildman–Crippen MR) is 85.7 cm³/mol. The average Bonchev–Trinajstić information content (AvgIpc) is 2.38. The van der Waals surface area contributed by atoms with E-state index in [9.17, 15) is 0 Å². The van der Waals surface area contributed by atoms with Crippen LogP contribution >= 0.6 is 27.5 Å². The van der Waals surface area contributed by atoms with Crippen LogP contribution in [0.1, 0.15) is 24.1 Å². The summed E-state index contributed by atoms with van der Waals surface area (Å²) >= 11 is 9.58. The maximum absolute atomic E-state index is 6.05. The number of hydrogen-bond acceptors (Lipinski definition) is 1. The molecule has 0 aliphatic heterocycles. The van der Waals surface area contributed by atoms with Crippen LogP contribution in [0, 0.1) is 0 Å². The Bertz CT molecular complexity index is 542. The zero-order chi connectivity index (χ0) is 13.7. The zero-order valence-corrected chi connectivity index (χ0v) is 13.2. The van der Waals surface area contributed by atoms with E-state index in [2.05, 4.69) is 52.4 Å². The van der Waals surface area contributed by atoms with E-state index < -0.39 is 0 Å². The molecule has 3 heteroatoms. The van der Waals surface area contributed by atoms with Crippen LogP contribution in [0.15, 0.2) is 53.0 Å². The minimum absolute atomic E-state index is 0.306. The second-order valence-corrected chi connectivity index (χ2v) is 5.85. The molecule has 0 saturated heterocycles. The van der Waals surface area contributed by atoms with Crippen molar-refractivity contribution in [3.63, 3.8) is 0 Å². The second kappa shape index (κ2) is 7.09. The van der Waals surface area contributed by atoms with Crippen LogP contribution in [0.4, 0.5) is 0 Å². The van der Waals surface area contributed by atoms with Gasteiger partial charge in [-0.05, 0) is 48.4 Å². The van der Waals surface area contributed by atoms with Gasteiger partial charge in [-0.1, -0.05) is 58.7 Å². The third-order valence-corrected chi connectivity index (χ3v) is 3.76. The van der Waals surface area contributed by atoms with Gasteiger partial charge in [-0.25, -0.2) is 0 Å². The van der Waals surface area contributed by atoms with Crippen molar-refractivity contribution in [3.05, 3.63) is 69.2 Å². The standard InChI is InChI=1S/C16H17BrClN/c1-2-19-16(13-6-4-7-14(17)11-13)10-12-5-3-8-15(18)9-12/h3-9,11,16,19H,2,10H2,1H3. The van der Waals surface area contributed by atoms with Crippen molar-refractivity contribution in [2.45, 2.75) is 19.4 Å². The molecule has 1 N–H and O–H groups in total. The van der Waals surface area contributed by atoms with E-state index in [-0.39, 0.29) is 0 Å². The molecule has 2 aromatic carbocycles. The highest BCUT2D eigenvalue weighted by atomic mass is 79.9. The summed E-state index contributed by atoms with van der Waals surface area (Å²) in [6, 6.07) is 16.8. The molecule has 0 aliphatic carbocycles. The summed E-state index contributed by atoms with van der Waals surface area (Å²) in [4.78, 5) is 0. The molecule has 0 heterocycles. The monoisotopic (exact) mass is 337 g/mol. The molecule has 0 radical (unpaired) electrons. The molecule has 0 spiro atoms. The Morgan fingerprint density at radius 1 is 1.16 bits per heavy atom. The van der Waals surface area contributed by atoms with Crippen molar-refractivity contribution in [2.75, 3.05) is 6.54 Å². The number of nitrogens with one attached hydrogen (secondary N) is 1. The molecule has 1 nitrogen and oxygen atoms in total. The Labute approximate surface area is 128 Å². The molecule has 100 valence electrons. The van der Waals surface area contributed by atoms with Gasteiger partial charge in [-0.2, -0.15) is 0 Å². The van der Waals surface area contributed by atoms with Gasteiger partial charge in [0.05, 0.1) is 0 Å². The Morgan fingerprint density at radius 3 is 2.63 bits per heavy atom. The minimum Gasteiger partial charge on any atom is -0.310 e. The Kier molecular flexibility index (Phi) is 5.44. The number of benzene rings is 2. The lowest BCUT2D eigenvalue weighted by atomic mass is 9.99. The van der Waals surface area contributed by atoms with Crippen molar-refractivity contribution in [3.8, 4) is 0 Å². The van der Waals surface area contributed by atoms with Gasteiger partial charge in [0.1, 0.15) is 0 Å². The summed E-state index contributed by atoms with van der Waals surface area (Å²) < 4.78 is 1.11. The zero-order valence-electron chi connectivity index (χ0n) is 10.9. The molecular weight excluding hydrogens is 322 g/mol. The van der Waals surface area contributed by atoms with E-state index in [4.69, 9.17) is 11.6 Å². The Balaban J connectivity index is 2.21. The largest absolute Gasteiger partial charge is 0.310 e. The molecule has 2 aromatic rings. The highest BCUT2D eigenvalue weighted by Gasteiger charge is 2.11. The van der Waals surface area contributed by atoms with E-state index in [1.807, 2.05) is 24.3 Å². The van der Waals surface area contributed by atoms with Crippen LogP contribution in [-0.2, 0) is 6.42 Å².